The minimum Gasteiger partial charge on any atom is -2.00 e. The number of hydrogen-bond donors (Lipinski definition) is 0. The minimum atomic E-state index is 0. The SMILES string of the molecule is [Cl-].[K+].[O-2].[V]. The van der Waals surface area contributed by atoms with Crippen molar-refractivity contribution in [1.82, 2.24) is 0 Å². The largest absolute Gasteiger partial charge is 2.00 e. The quantitative estimate of drug-likeness (QED) is 0.301. The van der Waals surface area contributed by atoms with E-state index in [-0.39, 0.29) is 87.8 Å². The van der Waals surface area contributed by atoms with Crippen LogP contribution in [0.15, 0.2) is 0 Å². The summed E-state index contributed by atoms with van der Waals surface area (Å²) in [5, 5.41) is 0. The molecule has 0 aliphatic carbocycles. The van der Waals surface area contributed by atoms with E-state index in [1.165, 1.54) is 0 Å². The van der Waals surface area contributed by atoms with E-state index in [0.717, 1.165) is 0 Å². The van der Waals surface area contributed by atoms with Crippen molar-refractivity contribution in [3.8, 4) is 0 Å². The normalized spacial score (nSPS) is 0. The first-order valence-electron chi connectivity index (χ1n) is 0. The molecule has 0 amide bonds. The van der Waals surface area contributed by atoms with Gasteiger partial charge in [-0.3, -0.25) is 0 Å². The first-order chi connectivity index (χ1) is 0. The molecule has 0 aromatic carbocycles. The summed E-state index contributed by atoms with van der Waals surface area (Å²) in [6, 6.07) is 0. The fourth-order valence-corrected chi connectivity index (χ4v) is 0. The fraction of sp³-hybridized carbons (Fsp3) is 0. The molecule has 4 heavy (non-hydrogen) atoms. The Morgan fingerprint density at radius 2 is 1.00 bits per heavy atom. The van der Waals surface area contributed by atoms with Crippen molar-refractivity contribution in [3.63, 3.8) is 0 Å². The summed E-state index contributed by atoms with van der Waals surface area (Å²) in [7, 11) is 0. The van der Waals surface area contributed by atoms with E-state index in [1.54, 1.807) is 0 Å². The standard InChI is InChI=1S/ClH.K.O.V/h1H;;;/q;+1;-2;/p-1. The van der Waals surface area contributed by atoms with Crippen LogP contribution in [-0.4, -0.2) is 0 Å². The molecule has 0 aromatic heterocycles. The van der Waals surface area contributed by atoms with Gasteiger partial charge >= 0.3 is 51.4 Å². The van der Waals surface area contributed by atoms with Crippen LogP contribution in [0.2, 0.25) is 0 Å². The Bertz CT molecular complexity index is 8.00. The monoisotopic (exact) mass is 141 g/mol. The molecule has 0 saturated heterocycles. The van der Waals surface area contributed by atoms with Gasteiger partial charge in [0.2, 0.25) is 0 Å². The second-order valence-electron chi connectivity index (χ2n) is 0. The summed E-state index contributed by atoms with van der Waals surface area (Å²) < 4.78 is 0. The molecule has 1 nitrogen and oxygen atoms in total. The van der Waals surface area contributed by atoms with Crippen molar-refractivity contribution in [1.29, 1.82) is 0 Å². The molecule has 0 fully saturated rings. The zero-order valence-corrected chi connectivity index (χ0v) is 7.51. The third-order valence-electron chi connectivity index (χ3n) is 0. The Morgan fingerprint density at radius 1 is 1.00 bits per heavy atom. The molecule has 4 heteroatoms. The van der Waals surface area contributed by atoms with E-state index in [9.17, 15) is 0 Å². The third-order valence-corrected chi connectivity index (χ3v) is 0. The van der Waals surface area contributed by atoms with Gasteiger partial charge in [0.25, 0.3) is 0 Å². The van der Waals surface area contributed by atoms with Crippen LogP contribution in [0.5, 0.6) is 0 Å². The van der Waals surface area contributed by atoms with Gasteiger partial charge in [0.05, 0.1) is 0 Å². The molecule has 0 rings (SSSR count). The minimum absolute atomic E-state index is 0. The van der Waals surface area contributed by atoms with Crippen LogP contribution < -0.4 is 63.8 Å². The van der Waals surface area contributed by atoms with E-state index < -0.39 is 0 Å². The van der Waals surface area contributed by atoms with Gasteiger partial charge in [-0.05, 0) is 0 Å². The molecule has 0 N–H and O–H groups in total. The first kappa shape index (κ1) is 31.7. The van der Waals surface area contributed by atoms with Crippen LogP contribution in [-0.2, 0) is 24.0 Å². The number of rotatable bonds is 0. The second kappa shape index (κ2) is 17.9. The van der Waals surface area contributed by atoms with E-state index >= 15 is 0 Å². The number of hydrogen-bond acceptors (Lipinski definition) is 0. The van der Waals surface area contributed by atoms with Gasteiger partial charge in [0.1, 0.15) is 0 Å². The summed E-state index contributed by atoms with van der Waals surface area (Å²) in [6.45, 7) is 0. The van der Waals surface area contributed by atoms with Crippen LogP contribution in [0.25, 0.3) is 0 Å². The van der Waals surface area contributed by atoms with Gasteiger partial charge in [0.15, 0.2) is 0 Å². The van der Waals surface area contributed by atoms with E-state index in [2.05, 4.69) is 0 Å². The Balaban J connectivity index is 0. The van der Waals surface area contributed by atoms with Crippen LogP contribution in [0.4, 0.5) is 0 Å². The van der Waals surface area contributed by atoms with Crippen molar-refractivity contribution < 1.29 is 87.8 Å². The molecule has 0 heterocycles. The Labute approximate surface area is 85.9 Å². The van der Waals surface area contributed by atoms with E-state index in [1.807, 2.05) is 0 Å². The molecule has 0 unspecified atom stereocenters. The van der Waals surface area contributed by atoms with Crippen LogP contribution in [0, 0.1) is 0 Å². The summed E-state index contributed by atoms with van der Waals surface area (Å²) in [4.78, 5) is 0. The van der Waals surface area contributed by atoms with Crippen LogP contribution in [0.1, 0.15) is 0 Å². The molecule has 21 valence electrons. The van der Waals surface area contributed by atoms with E-state index in [0.29, 0.717) is 0 Å². The summed E-state index contributed by atoms with van der Waals surface area (Å²) in [5.41, 5.74) is 0. The Kier molecular flexibility index (Phi) is 142. The number of halogens is 1. The zero-order chi connectivity index (χ0) is 0. The van der Waals surface area contributed by atoms with Gasteiger partial charge in [0, 0.05) is 18.6 Å². The van der Waals surface area contributed by atoms with Crippen molar-refractivity contribution >= 4 is 0 Å². The zero-order valence-electron chi connectivity index (χ0n) is 2.23. The average Bonchev–Trinajstić information content (AvgIpc) is 0. The van der Waals surface area contributed by atoms with Gasteiger partial charge < -0.3 is 17.9 Å². The summed E-state index contributed by atoms with van der Waals surface area (Å²) in [6.07, 6.45) is 0. The van der Waals surface area contributed by atoms with Crippen molar-refractivity contribution in [2.45, 2.75) is 0 Å². The van der Waals surface area contributed by atoms with Crippen LogP contribution >= 0.6 is 0 Å². The maximum Gasteiger partial charge on any atom is 1.00 e. The first-order valence-corrected chi connectivity index (χ1v) is 0. The average molecular weight is 141 g/mol. The third kappa shape index (κ3) is 8.82. The van der Waals surface area contributed by atoms with Gasteiger partial charge in [-0.2, -0.15) is 0 Å². The molecule has 0 aromatic rings. The van der Waals surface area contributed by atoms with Crippen molar-refractivity contribution in [2.24, 2.45) is 0 Å². The molecule has 0 saturated carbocycles. The molecule has 0 bridgehead atoms. The smallest absolute Gasteiger partial charge is 1.00 e. The van der Waals surface area contributed by atoms with Gasteiger partial charge in [-0.15, -0.1) is 0 Å². The molecular weight excluding hydrogens is 141 g/mol. The molecule has 0 aliphatic rings. The van der Waals surface area contributed by atoms with Crippen molar-refractivity contribution in [2.75, 3.05) is 0 Å². The molecule has 0 spiro atoms. The Hall–Kier alpha value is 2.47. The molecule has 0 aliphatic heterocycles. The molecule has 0 atom stereocenters. The second-order valence-corrected chi connectivity index (χ2v) is 0. The van der Waals surface area contributed by atoms with Gasteiger partial charge in [-0.1, -0.05) is 0 Å². The summed E-state index contributed by atoms with van der Waals surface area (Å²) >= 11 is 0. The maximum atomic E-state index is 0. The molecular formula is ClKOV-2. The van der Waals surface area contributed by atoms with E-state index in [4.69, 9.17) is 0 Å². The van der Waals surface area contributed by atoms with Crippen LogP contribution in [0.3, 0.4) is 0 Å². The fourth-order valence-electron chi connectivity index (χ4n) is 0. The van der Waals surface area contributed by atoms with Crippen molar-refractivity contribution in [3.05, 3.63) is 0 Å². The Morgan fingerprint density at radius 3 is 1.00 bits per heavy atom. The predicted molar refractivity (Wildman–Crippen MR) is 0.686 cm³/mol. The topological polar surface area (TPSA) is 28.5 Å². The van der Waals surface area contributed by atoms with Gasteiger partial charge in [-0.25, -0.2) is 0 Å². The molecule has 1 radical (unpaired) electrons. The summed E-state index contributed by atoms with van der Waals surface area (Å²) in [5.74, 6) is 0. The maximum absolute atomic E-state index is 0. The predicted octanol–water partition coefficient (Wildman–Crippen LogP) is -6.11.